The van der Waals surface area contributed by atoms with Crippen molar-refractivity contribution in [3.63, 3.8) is 0 Å². The van der Waals surface area contributed by atoms with Crippen LogP contribution in [0.3, 0.4) is 0 Å². The molecule has 0 atom stereocenters. The predicted octanol–water partition coefficient (Wildman–Crippen LogP) is 3.01. The summed E-state index contributed by atoms with van der Waals surface area (Å²) in [5.41, 5.74) is 2.81. The second-order valence-corrected chi connectivity index (χ2v) is 5.02. The largest absolute Gasteiger partial charge is 0.319 e. The average molecular weight is 279 g/mol. The third-order valence-corrected chi connectivity index (χ3v) is 3.66. The lowest BCUT2D eigenvalue weighted by atomic mass is 10.3. The van der Waals surface area contributed by atoms with Crippen molar-refractivity contribution in [2.24, 2.45) is 0 Å². The zero-order chi connectivity index (χ0) is 14.8. The molecule has 0 N–H and O–H groups in total. The van der Waals surface area contributed by atoms with Crippen molar-refractivity contribution in [3.05, 3.63) is 60.4 Å². The third kappa shape index (κ3) is 2.52. The molecule has 3 aromatic rings. The Morgan fingerprint density at radius 1 is 1.10 bits per heavy atom. The quantitative estimate of drug-likeness (QED) is 0.739. The van der Waals surface area contributed by atoms with Gasteiger partial charge in [0.2, 0.25) is 5.91 Å². The normalized spacial score (nSPS) is 10.8. The number of aromatic nitrogens is 2. The number of aryl methyl sites for hydroxylation is 1. The Morgan fingerprint density at radius 2 is 1.76 bits per heavy atom. The lowest BCUT2D eigenvalue weighted by Gasteiger charge is -2.18. The number of anilines is 1. The molecule has 0 bridgehead atoms. The number of carbonyl (C=O) groups is 1. The van der Waals surface area contributed by atoms with Crippen LogP contribution in [0.2, 0.25) is 0 Å². The summed E-state index contributed by atoms with van der Waals surface area (Å²) in [5.74, 6) is 0.887. The first-order valence-electron chi connectivity index (χ1n) is 6.90. The zero-order valence-corrected chi connectivity index (χ0v) is 12.2. The number of carbonyl (C=O) groups excluding carboxylic acids is 1. The van der Waals surface area contributed by atoms with Gasteiger partial charge in [-0.1, -0.05) is 30.3 Å². The molecule has 21 heavy (non-hydrogen) atoms. The van der Waals surface area contributed by atoms with Crippen LogP contribution >= 0.6 is 0 Å². The van der Waals surface area contributed by atoms with Gasteiger partial charge in [0.05, 0.1) is 11.0 Å². The number of hydrogen-bond acceptors (Lipinski definition) is 2. The van der Waals surface area contributed by atoms with Crippen LogP contribution in [0.15, 0.2) is 54.6 Å². The molecule has 0 aliphatic heterocycles. The van der Waals surface area contributed by atoms with E-state index in [1.165, 1.54) is 0 Å². The summed E-state index contributed by atoms with van der Waals surface area (Å²) in [5, 5.41) is 0. The highest BCUT2D eigenvalue weighted by molar-refractivity contribution is 5.93. The van der Waals surface area contributed by atoms with Crippen molar-refractivity contribution in [1.29, 1.82) is 0 Å². The lowest BCUT2D eigenvalue weighted by Crippen LogP contribution is -2.30. The summed E-state index contributed by atoms with van der Waals surface area (Å²) in [7, 11) is 1.80. The van der Waals surface area contributed by atoms with E-state index in [2.05, 4.69) is 4.98 Å². The van der Waals surface area contributed by atoms with Crippen molar-refractivity contribution in [3.8, 4) is 0 Å². The van der Waals surface area contributed by atoms with Gasteiger partial charge in [0.1, 0.15) is 12.4 Å². The fourth-order valence-corrected chi connectivity index (χ4v) is 2.43. The standard InChI is InChI=1S/C17H17N3O/c1-13-18-15-10-6-7-11-16(15)20(13)12-17(21)19(2)14-8-4-3-5-9-14/h3-11H,12H2,1-2H3. The molecule has 1 amide bonds. The van der Waals surface area contributed by atoms with Crippen LogP contribution < -0.4 is 4.90 Å². The van der Waals surface area contributed by atoms with Gasteiger partial charge in [0.25, 0.3) is 0 Å². The van der Waals surface area contributed by atoms with Gasteiger partial charge >= 0.3 is 0 Å². The molecule has 1 aromatic heterocycles. The average Bonchev–Trinajstić information content (AvgIpc) is 2.83. The first-order valence-corrected chi connectivity index (χ1v) is 6.90. The molecule has 2 aromatic carbocycles. The molecule has 0 radical (unpaired) electrons. The van der Waals surface area contributed by atoms with E-state index >= 15 is 0 Å². The molecule has 0 aliphatic carbocycles. The topological polar surface area (TPSA) is 38.1 Å². The van der Waals surface area contributed by atoms with Crippen LogP contribution in [-0.2, 0) is 11.3 Å². The number of hydrogen-bond donors (Lipinski definition) is 0. The molecule has 0 unspecified atom stereocenters. The number of para-hydroxylation sites is 3. The molecule has 0 spiro atoms. The summed E-state index contributed by atoms with van der Waals surface area (Å²) in [4.78, 5) is 18.6. The van der Waals surface area contributed by atoms with E-state index in [4.69, 9.17) is 0 Å². The predicted molar refractivity (Wildman–Crippen MR) is 84.3 cm³/mol. The summed E-state index contributed by atoms with van der Waals surface area (Å²) < 4.78 is 1.96. The fraction of sp³-hybridized carbons (Fsp3) is 0.176. The van der Waals surface area contributed by atoms with E-state index in [0.717, 1.165) is 22.5 Å². The zero-order valence-electron chi connectivity index (χ0n) is 12.2. The van der Waals surface area contributed by atoms with Crippen LogP contribution in [0.25, 0.3) is 11.0 Å². The molecule has 0 saturated carbocycles. The Kier molecular flexibility index (Phi) is 3.44. The maximum absolute atomic E-state index is 12.5. The lowest BCUT2D eigenvalue weighted by molar-refractivity contribution is -0.118. The minimum absolute atomic E-state index is 0.0347. The highest BCUT2D eigenvalue weighted by atomic mass is 16.2. The summed E-state index contributed by atoms with van der Waals surface area (Å²) in [6.07, 6.45) is 0. The minimum atomic E-state index is 0.0347. The highest BCUT2D eigenvalue weighted by Crippen LogP contribution is 2.17. The molecule has 1 heterocycles. The Labute approximate surface area is 123 Å². The van der Waals surface area contributed by atoms with Crippen molar-refractivity contribution in [2.45, 2.75) is 13.5 Å². The first kappa shape index (κ1) is 13.4. The Bertz CT molecular complexity index is 777. The number of benzene rings is 2. The van der Waals surface area contributed by atoms with E-state index in [-0.39, 0.29) is 12.5 Å². The maximum atomic E-state index is 12.5. The summed E-state index contributed by atoms with van der Waals surface area (Å²) in [6, 6.07) is 17.5. The van der Waals surface area contributed by atoms with Gasteiger partial charge in [-0.15, -0.1) is 0 Å². The molecule has 0 fully saturated rings. The molecule has 4 heteroatoms. The number of amides is 1. The molecular formula is C17H17N3O. The number of rotatable bonds is 3. The van der Waals surface area contributed by atoms with Crippen molar-refractivity contribution in [2.75, 3.05) is 11.9 Å². The molecule has 0 saturated heterocycles. The van der Waals surface area contributed by atoms with Crippen molar-refractivity contribution >= 4 is 22.6 Å². The van der Waals surface area contributed by atoms with E-state index in [1.807, 2.05) is 66.1 Å². The molecular weight excluding hydrogens is 262 g/mol. The van der Waals surface area contributed by atoms with E-state index in [0.29, 0.717) is 0 Å². The number of likely N-dealkylation sites (N-methyl/N-ethyl adjacent to an activating group) is 1. The monoisotopic (exact) mass is 279 g/mol. The summed E-state index contributed by atoms with van der Waals surface area (Å²) in [6.45, 7) is 2.22. The van der Waals surface area contributed by atoms with Gasteiger partial charge in [0, 0.05) is 12.7 Å². The third-order valence-electron chi connectivity index (χ3n) is 3.66. The smallest absolute Gasteiger partial charge is 0.246 e. The highest BCUT2D eigenvalue weighted by Gasteiger charge is 2.14. The van der Waals surface area contributed by atoms with Crippen LogP contribution in [-0.4, -0.2) is 22.5 Å². The SMILES string of the molecule is Cc1nc2ccccc2n1CC(=O)N(C)c1ccccc1. The van der Waals surface area contributed by atoms with E-state index in [9.17, 15) is 4.79 Å². The minimum Gasteiger partial charge on any atom is -0.319 e. The molecule has 3 rings (SSSR count). The van der Waals surface area contributed by atoms with E-state index < -0.39 is 0 Å². The van der Waals surface area contributed by atoms with Crippen LogP contribution in [0.5, 0.6) is 0 Å². The van der Waals surface area contributed by atoms with Gasteiger partial charge in [0.15, 0.2) is 0 Å². The fourth-order valence-electron chi connectivity index (χ4n) is 2.43. The van der Waals surface area contributed by atoms with Gasteiger partial charge in [-0.05, 0) is 31.2 Å². The van der Waals surface area contributed by atoms with Gasteiger partial charge in [-0.3, -0.25) is 4.79 Å². The van der Waals surface area contributed by atoms with Gasteiger partial charge < -0.3 is 9.47 Å². The van der Waals surface area contributed by atoms with Gasteiger partial charge in [-0.25, -0.2) is 4.98 Å². The Morgan fingerprint density at radius 3 is 2.52 bits per heavy atom. The second kappa shape index (κ2) is 5.40. The Balaban J connectivity index is 1.88. The van der Waals surface area contributed by atoms with Crippen molar-refractivity contribution in [1.82, 2.24) is 9.55 Å². The molecule has 106 valence electrons. The van der Waals surface area contributed by atoms with Crippen LogP contribution in [0.1, 0.15) is 5.82 Å². The first-order chi connectivity index (χ1) is 10.2. The van der Waals surface area contributed by atoms with Crippen molar-refractivity contribution < 1.29 is 4.79 Å². The maximum Gasteiger partial charge on any atom is 0.246 e. The summed E-state index contributed by atoms with van der Waals surface area (Å²) >= 11 is 0. The van der Waals surface area contributed by atoms with E-state index in [1.54, 1.807) is 11.9 Å². The van der Waals surface area contributed by atoms with Gasteiger partial charge in [-0.2, -0.15) is 0 Å². The number of imidazole rings is 1. The molecule has 0 aliphatic rings. The number of fused-ring (bicyclic) bond motifs is 1. The second-order valence-electron chi connectivity index (χ2n) is 5.02. The Hall–Kier alpha value is -2.62. The molecule has 4 nitrogen and oxygen atoms in total. The van der Waals surface area contributed by atoms with Crippen LogP contribution in [0.4, 0.5) is 5.69 Å². The van der Waals surface area contributed by atoms with Crippen LogP contribution in [0, 0.1) is 6.92 Å². The number of nitrogens with zero attached hydrogens (tertiary/aromatic N) is 3.